The number of carboxylic acid groups (broad SMARTS) is 1. The van der Waals surface area contributed by atoms with E-state index in [1.807, 2.05) is 0 Å². The zero-order valence-electron chi connectivity index (χ0n) is 8.42. The summed E-state index contributed by atoms with van der Waals surface area (Å²) < 4.78 is 0. The average Bonchev–Trinajstić information content (AvgIpc) is 2.17. The smallest absolute Gasteiger partial charge is 0.320 e. The van der Waals surface area contributed by atoms with Crippen LogP contribution in [0.25, 0.3) is 0 Å². The van der Waals surface area contributed by atoms with Crippen LogP contribution < -0.4 is 5.32 Å². The molecule has 0 radical (unpaired) electrons. The first-order chi connectivity index (χ1) is 6.15. The van der Waals surface area contributed by atoms with Crippen LogP contribution >= 0.6 is 0 Å². The van der Waals surface area contributed by atoms with Gasteiger partial charge < -0.3 is 10.4 Å². The van der Waals surface area contributed by atoms with E-state index in [1.54, 1.807) is 0 Å². The highest BCUT2D eigenvalue weighted by Gasteiger charge is 2.28. The lowest BCUT2D eigenvalue weighted by Crippen LogP contribution is -2.49. The predicted molar refractivity (Wildman–Crippen MR) is 51.7 cm³/mol. The van der Waals surface area contributed by atoms with Crippen molar-refractivity contribution in [3.8, 4) is 0 Å². The highest BCUT2D eigenvalue weighted by atomic mass is 16.4. The largest absolute Gasteiger partial charge is 0.480 e. The molecule has 1 saturated heterocycles. The third-order valence-corrected chi connectivity index (χ3v) is 3.05. The summed E-state index contributed by atoms with van der Waals surface area (Å²) in [5, 5.41) is 12.1. The van der Waals surface area contributed by atoms with E-state index in [2.05, 4.69) is 19.2 Å². The highest BCUT2D eigenvalue weighted by molar-refractivity contribution is 5.73. The molecule has 1 aliphatic heterocycles. The third kappa shape index (κ3) is 2.69. The van der Waals surface area contributed by atoms with Gasteiger partial charge >= 0.3 is 5.97 Å². The van der Waals surface area contributed by atoms with E-state index in [-0.39, 0.29) is 6.04 Å². The minimum atomic E-state index is -0.701. The molecule has 0 spiro atoms. The molecule has 3 nitrogen and oxygen atoms in total. The van der Waals surface area contributed by atoms with Crippen molar-refractivity contribution in [2.45, 2.75) is 51.6 Å². The molecule has 0 amide bonds. The number of hydrogen-bond acceptors (Lipinski definition) is 2. The predicted octanol–water partition coefficient (Wildman–Crippen LogP) is 1.63. The van der Waals surface area contributed by atoms with Crippen LogP contribution in [-0.4, -0.2) is 23.2 Å². The monoisotopic (exact) mass is 185 g/mol. The van der Waals surface area contributed by atoms with Crippen molar-refractivity contribution in [2.75, 3.05) is 0 Å². The molecule has 0 aromatic heterocycles. The Balaban J connectivity index is 2.46. The SMILES string of the molecule is CCC(C)C1CCCC(C(=O)O)N1. The number of hydrogen-bond donors (Lipinski definition) is 2. The van der Waals surface area contributed by atoms with Gasteiger partial charge in [0, 0.05) is 6.04 Å². The van der Waals surface area contributed by atoms with E-state index in [1.165, 1.54) is 0 Å². The fourth-order valence-corrected chi connectivity index (χ4v) is 1.90. The number of piperidine rings is 1. The normalized spacial score (nSPS) is 31.2. The van der Waals surface area contributed by atoms with E-state index >= 15 is 0 Å². The molecule has 76 valence electrons. The molecule has 0 saturated carbocycles. The van der Waals surface area contributed by atoms with Crippen LogP contribution in [0.15, 0.2) is 0 Å². The second-order valence-corrected chi connectivity index (χ2v) is 3.98. The molecular formula is C10H19NO2. The Morgan fingerprint density at radius 1 is 1.62 bits per heavy atom. The standard InChI is InChI=1S/C10H19NO2/c1-3-7(2)8-5-4-6-9(11-8)10(12)13/h7-9,11H,3-6H2,1-2H3,(H,12,13). The molecule has 0 aromatic rings. The van der Waals surface area contributed by atoms with Gasteiger partial charge in [0.1, 0.15) is 6.04 Å². The van der Waals surface area contributed by atoms with Gasteiger partial charge in [-0.2, -0.15) is 0 Å². The van der Waals surface area contributed by atoms with Crippen molar-refractivity contribution < 1.29 is 9.90 Å². The second kappa shape index (κ2) is 4.61. The molecule has 3 heteroatoms. The van der Waals surface area contributed by atoms with Gasteiger partial charge in [-0.25, -0.2) is 0 Å². The Morgan fingerprint density at radius 2 is 2.31 bits per heavy atom. The van der Waals surface area contributed by atoms with Crippen molar-refractivity contribution in [1.82, 2.24) is 5.32 Å². The van der Waals surface area contributed by atoms with Gasteiger partial charge in [-0.05, 0) is 25.2 Å². The molecule has 0 bridgehead atoms. The maximum absolute atomic E-state index is 10.7. The van der Waals surface area contributed by atoms with Crippen LogP contribution in [0.3, 0.4) is 0 Å². The first-order valence-corrected chi connectivity index (χ1v) is 5.14. The summed E-state index contributed by atoms with van der Waals surface area (Å²) in [7, 11) is 0. The van der Waals surface area contributed by atoms with Crippen molar-refractivity contribution in [1.29, 1.82) is 0 Å². The summed E-state index contributed by atoms with van der Waals surface area (Å²) in [5.74, 6) is -0.116. The molecule has 1 aliphatic rings. The maximum Gasteiger partial charge on any atom is 0.320 e. The Morgan fingerprint density at radius 3 is 2.85 bits per heavy atom. The fraction of sp³-hybridized carbons (Fsp3) is 0.900. The lowest BCUT2D eigenvalue weighted by atomic mass is 9.89. The average molecular weight is 185 g/mol. The van der Waals surface area contributed by atoms with Crippen LogP contribution in [0.2, 0.25) is 0 Å². The van der Waals surface area contributed by atoms with Gasteiger partial charge in [0.2, 0.25) is 0 Å². The first-order valence-electron chi connectivity index (χ1n) is 5.14. The van der Waals surface area contributed by atoms with E-state index in [9.17, 15) is 4.79 Å². The summed E-state index contributed by atoms with van der Waals surface area (Å²) in [6.07, 6.45) is 4.06. The van der Waals surface area contributed by atoms with Gasteiger partial charge in [0.05, 0.1) is 0 Å². The number of rotatable bonds is 3. The Labute approximate surface area is 79.5 Å². The van der Waals surface area contributed by atoms with Crippen LogP contribution in [0, 0.1) is 5.92 Å². The summed E-state index contributed by atoms with van der Waals surface area (Å²) >= 11 is 0. The zero-order valence-corrected chi connectivity index (χ0v) is 8.42. The zero-order chi connectivity index (χ0) is 9.84. The quantitative estimate of drug-likeness (QED) is 0.702. The maximum atomic E-state index is 10.7. The van der Waals surface area contributed by atoms with Crippen LogP contribution in [-0.2, 0) is 4.79 Å². The first kappa shape index (κ1) is 10.5. The van der Waals surface area contributed by atoms with Gasteiger partial charge in [0.25, 0.3) is 0 Å². The topological polar surface area (TPSA) is 49.3 Å². The molecular weight excluding hydrogens is 166 g/mol. The molecule has 1 fully saturated rings. The van der Waals surface area contributed by atoms with E-state index < -0.39 is 5.97 Å². The van der Waals surface area contributed by atoms with E-state index in [0.29, 0.717) is 12.0 Å². The number of carbonyl (C=O) groups is 1. The van der Waals surface area contributed by atoms with Crippen molar-refractivity contribution in [3.05, 3.63) is 0 Å². The molecule has 0 aliphatic carbocycles. The van der Waals surface area contributed by atoms with Gasteiger partial charge in [-0.1, -0.05) is 20.3 Å². The minimum absolute atomic E-state index is 0.312. The van der Waals surface area contributed by atoms with Crippen molar-refractivity contribution in [2.24, 2.45) is 5.92 Å². The number of nitrogens with one attached hydrogen (secondary N) is 1. The van der Waals surface area contributed by atoms with Crippen molar-refractivity contribution in [3.63, 3.8) is 0 Å². The highest BCUT2D eigenvalue weighted by Crippen LogP contribution is 2.20. The van der Waals surface area contributed by atoms with Gasteiger partial charge in [-0.15, -0.1) is 0 Å². The molecule has 2 N–H and O–H groups in total. The van der Waals surface area contributed by atoms with E-state index in [0.717, 1.165) is 25.7 Å². The molecule has 13 heavy (non-hydrogen) atoms. The number of carboxylic acids is 1. The summed E-state index contributed by atoms with van der Waals surface area (Å²) in [5.41, 5.74) is 0. The lowest BCUT2D eigenvalue weighted by Gasteiger charge is -2.32. The Hall–Kier alpha value is -0.570. The van der Waals surface area contributed by atoms with Gasteiger partial charge in [-0.3, -0.25) is 4.79 Å². The molecule has 3 unspecified atom stereocenters. The van der Waals surface area contributed by atoms with Crippen LogP contribution in [0.4, 0.5) is 0 Å². The molecule has 3 atom stereocenters. The molecule has 1 heterocycles. The van der Waals surface area contributed by atoms with Crippen molar-refractivity contribution >= 4 is 5.97 Å². The van der Waals surface area contributed by atoms with Crippen LogP contribution in [0.5, 0.6) is 0 Å². The van der Waals surface area contributed by atoms with Gasteiger partial charge in [0.15, 0.2) is 0 Å². The third-order valence-electron chi connectivity index (χ3n) is 3.05. The van der Waals surface area contributed by atoms with Crippen LogP contribution in [0.1, 0.15) is 39.5 Å². The second-order valence-electron chi connectivity index (χ2n) is 3.98. The number of aliphatic carboxylic acids is 1. The Kier molecular flexibility index (Phi) is 3.72. The molecule has 1 rings (SSSR count). The lowest BCUT2D eigenvalue weighted by molar-refractivity contribution is -0.140. The molecule has 0 aromatic carbocycles. The Bertz CT molecular complexity index is 182. The minimum Gasteiger partial charge on any atom is -0.480 e. The summed E-state index contributed by atoms with van der Waals surface area (Å²) in [4.78, 5) is 10.7. The van der Waals surface area contributed by atoms with E-state index in [4.69, 9.17) is 5.11 Å². The summed E-state index contributed by atoms with van der Waals surface area (Å²) in [6.45, 7) is 4.33. The summed E-state index contributed by atoms with van der Waals surface area (Å²) in [6, 6.07) is 0.0904. The fourth-order valence-electron chi connectivity index (χ4n) is 1.90.